The fraction of sp³-hybridized carbons (Fsp3) is 0.0500. The van der Waals surface area contributed by atoms with Crippen molar-refractivity contribution in [1.82, 2.24) is 4.57 Å². The number of nitrogens with two attached hydrogens (primary N) is 1. The van der Waals surface area contributed by atoms with Gasteiger partial charge in [-0.15, -0.1) is 0 Å². The molecule has 129 valence electrons. The van der Waals surface area contributed by atoms with E-state index in [4.69, 9.17) is 5.73 Å². The molecular formula is C20H12F3N2O. The zero-order chi connectivity index (χ0) is 18.4. The van der Waals surface area contributed by atoms with Gasteiger partial charge in [-0.05, 0) is 48.5 Å². The molecule has 0 saturated heterocycles. The Morgan fingerprint density at radius 3 is 2.62 bits per heavy atom. The van der Waals surface area contributed by atoms with Gasteiger partial charge in [-0.3, -0.25) is 4.79 Å². The highest BCUT2D eigenvalue weighted by Gasteiger charge is 2.18. The molecule has 0 fully saturated rings. The zero-order valence-electron chi connectivity index (χ0n) is 13.4. The van der Waals surface area contributed by atoms with Crippen molar-refractivity contribution < 1.29 is 18.0 Å². The average Bonchev–Trinajstić information content (AvgIpc) is 2.91. The third kappa shape index (κ3) is 2.50. The molecule has 1 heterocycles. The summed E-state index contributed by atoms with van der Waals surface area (Å²) in [5, 5.41) is 0.999. The zero-order valence-corrected chi connectivity index (χ0v) is 13.4. The molecule has 6 heteroatoms. The molecule has 1 amide bonds. The maximum atomic E-state index is 14.1. The quantitative estimate of drug-likeness (QED) is 0.591. The first-order valence-electron chi connectivity index (χ1n) is 7.81. The summed E-state index contributed by atoms with van der Waals surface area (Å²) >= 11 is 0. The van der Waals surface area contributed by atoms with Crippen LogP contribution in [0.1, 0.15) is 15.9 Å². The maximum absolute atomic E-state index is 14.1. The molecule has 1 aromatic heterocycles. The van der Waals surface area contributed by atoms with Gasteiger partial charge in [0.15, 0.2) is 0 Å². The number of hydrogen-bond acceptors (Lipinski definition) is 1. The number of primary amides is 1. The highest BCUT2D eigenvalue weighted by atomic mass is 19.1. The van der Waals surface area contributed by atoms with Crippen LogP contribution in [0.5, 0.6) is 0 Å². The van der Waals surface area contributed by atoms with Gasteiger partial charge < -0.3 is 10.3 Å². The minimum Gasteiger partial charge on any atom is -0.366 e. The lowest BCUT2D eigenvalue weighted by Gasteiger charge is -2.09. The topological polar surface area (TPSA) is 48.0 Å². The monoisotopic (exact) mass is 353 g/mol. The molecule has 0 aliphatic carbocycles. The lowest BCUT2D eigenvalue weighted by atomic mass is 10.1. The molecule has 4 rings (SSSR count). The van der Waals surface area contributed by atoms with Gasteiger partial charge in [0.25, 0.3) is 0 Å². The average molecular weight is 353 g/mol. The summed E-state index contributed by atoms with van der Waals surface area (Å²) in [6.07, 6.45) is 0. The van der Waals surface area contributed by atoms with E-state index in [2.05, 4.69) is 6.07 Å². The number of carbonyl (C=O) groups excluding carboxylic acids is 1. The van der Waals surface area contributed by atoms with E-state index in [1.807, 2.05) is 0 Å². The third-order valence-corrected chi connectivity index (χ3v) is 4.36. The summed E-state index contributed by atoms with van der Waals surface area (Å²) < 4.78 is 43.1. The number of amides is 1. The summed E-state index contributed by atoms with van der Waals surface area (Å²) in [5.41, 5.74) is 6.80. The Hall–Kier alpha value is -3.28. The van der Waals surface area contributed by atoms with Crippen LogP contribution in [0.4, 0.5) is 13.2 Å². The Labute approximate surface area is 146 Å². The third-order valence-electron chi connectivity index (χ3n) is 4.36. The van der Waals surface area contributed by atoms with Crippen molar-refractivity contribution in [2.24, 2.45) is 5.73 Å². The second kappa shape index (κ2) is 5.91. The number of carbonyl (C=O) groups is 1. The van der Waals surface area contributed by atoms with Crippen LogP contribution in [0, 0.1) is 23.5 Å². The summed E-state index contributed by atoms with van der Waals surface area (Å²) in [5.74, 6) is -2.31. The lowest BCUT2D eigenvalue weighted by molar-refractivity contribution is 0.100. The van der Waals surface area contributed by atoms with Gasteiger partial charge in [0.2, 0.25) is 5.91 Å². The SMILES string of the molecule is NC(=O)c1cccc2c1c1[c]cc(F)cc1n2Cc1cc(F)ccc1F. The smallest absolute Gasteiger partial charge is 0.249 e. The van der Waals surface area contributed by atoms with Gasteiger partial charge in [-0.1, -0.05) is 6.07 Å². The van der Waals surface area contributed by atoms with Gasteiger partial charge >= 0.3 is 0 Å². The van der Waals surface area contributed by atoms with Gasteiger partial charge in [0.05, 0.1) is 17.6 Å². The van der Waals surface area contributed by atoms with E-state index >= 15 is 0 Å². The van der Waals surface area contributed by atoms with E-state index in [9.17, 15) is 18.0 Å². The summed E-state index contributed by atoms with van der Waals surface area (Å²) in [7, 11) is 0. The van der Waals surface area contributed by atoms with Crippen LogP contribution in [-0.2, 0) is 6.54 Å². The van der Waals surface area contributed by atoms with E-state index in [1.54, 1.807) is 22.8 Å². The predicted octanol–water partition coefficient (Wildman–Crippen LogP) is 4.16. The molecule has 0 atom stereocenters. The van der Waals surface area contributed by atoms with E-state index in [0.29, 0.717) is 21.8 Å². The Kier molecular flexibility index (Phi) is 3.68. The van der Waals surface area contributed by atoms with Crippen molar-refractivity contribution in [2.75, 3.05) is 0 Å². The van der Waals surface area contributed by atoms with Crippen molar-refractivity contribution in [2.45, 2.75) is 6.54 Å². The standard InChI is InChI=1S/C20H12F3N2O/c21-12-5-7-16(23)11(8-12)10-25-17-3-1-2-15(20(24)26)19(17)14-6-4-13(22)9-18(14)25/h1-5,7-9H,10H2,(H2,24,26). The van der Waals surface area contributed by atoms with Crippen LogP contribution in [0.25, 0.3) is 21.8 Å². The van der Waals surface area contributed by atoms with Crippen LogP contribution in [0.15, 0.2) is 48.5 Å². The minimum atomic E-state index is -0.635. The molecule has 26 heavy (non-hydrogen) atoms. The highest BCUT2D eigenvalue weighted by molar-refractivity contribution is 6.17. The molecular weight excluding hydrogens is 341 g/mol. The van der Waals surface area contributed by atoms with Crippen LogP contribution in [-0.4, -0.2) is 10.5 Å². The molecule has 4 aromatic rings. The van der Waals surface area contributed by atoms with Crippen LogP contribution in [0.3, 0.4) is 0 Å². The van der Waals surface area contributed by atoms with Gasteiger partial charge in [-0.25, -0.2) is 13.2 Å². The second-order valence-electron chi connectivity index (χ2n) is 5.96. The van der Waals surface area contributed by atoms with E-state index < -0.39 is 23.4 Å². The molecule has 0 aliphatic rings. The van der Waals surface area contributed by atoms with Crippen LogP contribution < -0.4 is 5.73 Å². The van der Waals surface area contributed by atoms with E-state index in [-0.39, 0.29) is 17.7 Å². The molecule has 0 aliphatic heterocycles. The first-order chi connectivity index (χ1) is 12.5. The summed E-state index contributed by atoms with van der Waals surface area (Å²) in [6.45, 7) is -0.0386. The molecule has 0 spiro atoms. The van der Waals surface area contributed by atoms with Crippen molar-refractivity contribution >= 4 is 27.7 Å². The van der Waals surface area contributed by atoms with E-state index in [0.717, 1.165) is 24.3 Å². The fourth-order valence-corrected chi connectivity index (χ4v) is 3.24. The first kappa shape index (κ1) is 16.2. The number of fused-ring (bicyclic) bond motifs is 3. The Bertz CT molecular complexity index is 1180. The summed E-state index contributed by atoms with van der Waals surface area (Å²) in [4.78, 5) is 11.8. The number of hydrogen-bond donors (Lipinski definition) is 1. The largest absolute Gasteiger partial charge is 0.366 e. The number of halogens is 3. The maximum Gasteiger partial charge on any atom is 0.249 e. The van der Waals surface area contributed by atoms with Crippen molar-refractivity contribution in [1.29, 1.82) is 0 Å². The van der Waals surface area contributed by atoms with E-state index in [1.165, 1.54) is 6.07 Å². The Balaban J connectivity index is 2.06. The molecule has 2 N–H and O–H groups in total. The lowest BCUT2D eigenvalue weighted by Crippen LogP contribution is -2.11. The van der Waals surface area contributed by atoms with Gasteiger partial charge in [-0.2, -0.15) is 0 Å². The van der Waals surface area contributed by atoms with Crippen LogP contribution >= 0.6 is 0 Å². The minimum absolute atomic E-state index is 0.0386. The van der Waals surface area contributed by atoms with Crippen LogP contribution in [0.2, 0.25) is 0 Å². The van der Waals surface area contributed by atoms with Gasteiger partial charge in [0.1, 0.15) is 17.5 Å². The molecule has 1 radical (unpaired) electrons. The Morgan fingerprint density at radius 2 is 1.85 bits per heavy atom. The number of aromatic nitrogens is 1. The Morgan fingerprint density at radius 1 is 1.04 bits per heavy atom. The van der Waals surface area contributed by atoms with Gasteiger partial charge in [0, 0.05) is 21.9 Å². The molecule has 3 nitrogen and oxygen atoms in total. The van der Waals surface area contributed by atoms with Crippen molar-refractivity contribution in [3.8, 4) is 0 Å². The molecule has 0 bridgehead atoms. The van der Waals surface area contributed by atoms with Crippen molar-refractivity contribution in [3.63, 3.8) is 0 Å². The predicted molar refractivity (Wildman–Crippen MR) is 92.2 cm³/mol. The molecule has 0 unspecified atom stereocenters. The number of rotatable bonds is 3. The molecule has 3 aromatic carbocycles. The normalized spacial score (nSPS) is 11.3. The molecule has 0 saturated carbocycles. The number of benzene rings is 3. The summed E-state index contributed by atoms with van der Waals surface area (Å²) in [6, 6.07) is 13.3. The highest BCUT2D eigenvalue weighted by Crippen LogP contribution is 2.32. The second-order valence-corrected chi connectivity index (χ2v) is 5.96. The number of nitrogens with zero attached hydrogens (tertiary/aromatic N) is 1. The fourth-order valence-electron chi connectivity index (χ4n) is 3.24. The first-order valence-corrected chi connectivity index (χ1v) is 7.81. The van der Waals surface area contributed by atoms with Crippen molar-refractivity contribution in [3.05, 3.63) is 83.2 Å².